The molecule has 3 amide bonds. The minimum Gasteiger partial charge on any atom is -0.322 e. The van der Waals surface area contributed by atoms with E-state index in [2.05, 4.69) is 10.0 Å². The van der Waals surface area contributed by atoms with E-state index in [4.69, 9.17) is 0 Å². The van der Waals surface area contributed by atoms with Gasteiger partial charge in [0.15, 0.2) is 0 Å². The van der Waals surface area contributed by atoms with E-state index in [1.165, 1.54) is 6.07 Å². The van der Waals surface area contributed by atoms with E-state index in [0.29, 0.717) is 22.4 Å². The summed E-state index contributed by atoms with van der Waals surface area (Å²) < 4.78 is 27.4. The lowest BCUT2D eigenvalue weighted by Gasteiger charge is -2.20. The molecule has 35 heavy (non-hydrogen) atoms. The van der Waals surface area contributed by atoms with Gasteiger partial charge in [0.2, 0.25) is 10.0 Å². The summed E-state index contributed by atoms with van der Waals surface area (Å²) in [5.74, 6) is -1.58. The zero-order valence-electron chi connectivity index (χ0n) is 19.5. The maximum Gasteiger partial charge on any atom is 0.266 e. The molecule has 180 valence electrons. The predicted molar refractivity (Wildman–Crippen MR) is 134 cm³/mol. The minimum atomic E-state index is -3.57. The Balaban J connectivity index is 1.51. The van der Waals surface area contributed by atoms with Gasteiger partial charge >= 0.3 is 0 Å². The number of amides is 3. The van der Waals surface area contributed by atoms with E-state index in [-0.39, 0.29) is 17.0 Å². The fourth-order valence-corrected chi connectivity index (χ4v) is 5.50. The molecule has 1 heterocycles. The van der Waals surface area contributed by atoms with Crippen molar-refractivity contribution in [3.8, 4) is 0 Å². The first kappa shape index (κ1) is 24.3. The molecule has 4 rings (SSSR count). The molecule has 0 fully saturated rings. The molecule has 0 spiro atoms. The lowest BCUT2D eigenvalue weighted by molar-refractivity contribution is 0.0924. The zero-order chi connectivity index (χ0) is 25.4. The van der Waals surface area contributed by atoms with Crippen LogP contribution < -0.4 is 14.9 Å². The third kappa shape index (κ3) is 5.47. The molecule has 0 aromatic heterocycles. The average Bonchev–Trinajstić information content (AvgIpc) is 3.02. The average molecular weight is 492 g/mol. The lowest BCUT2D eigenvalue weighted by Crippen LogP contribution is -2.41. The summed E-state index contributed by atoms with van der Waals surface area (Å²) >= 11 is 0. The summed E-state index contributed by atoms with van der Waals surface area (Å²) in [6.07, 6.45) is 0. The number of hydrogen-bond acceptors (Lipinski definition) is 5. The number of carbonyl (C=O) groups is 3. The Kier molecular flexibility index (Phi) is 6.31. The van der Waals surface area contributed by atoms with Gasteiger partial charge in [0, 0.05) is 16.8 Å². The summed E-state index contributed by atoms with van der Waals surface area (Å²) in [4.78, 5) is 39.5. The van der Waals surface area contributed by atoms with Gasteiger partial charge in [0.25, 0.3) is 17.7 Å². The highest BCUT2D eigenvalue weighted by molar-refractivity contribution is 7.88. The Bertz CT molecular complexity index is 1410. The van der Waals surface area contributed by atoms with Crippen LogP contribution >= 0.6 is 0 Å². The van der Waals surface area contributed by atoms with Crippen molar-refractivity contribution in [2.45, 2.75) is 32.1 Å². The maximum atomic E-state index is 12.9. The van der Waals surface area contributed by atoms with Crippen molar-refractivity contribution < 1.29 is 22.8 Å². The number of rotatable bonds is 6. The van der Waals surface area contributed by atoms with Gasteiger partial charge in [-0.25, -0.2) is 18.0 Å². The number of nitrogens with one attached hydrogen (secondary N) is 2. The van der Waals surface area contributed by atoms with Gasteiger partial charge < -0.3 is 5.32 Å². The maximum absolute atomic E-state index is 12.9. The Morgan fingerprint density at radius 3 is 2.11 bits per heavy atom. The normalized spacial score (nSPS) is 13.6. The third-order valence-corrected chi connectivity index (χ3v) is 6.80. The molecule has 0 saturated carbocycles. The number of anilines is 2. The molecule has 0 radical (unpaired) electrons. The number of imide groups is 1. The van der Waals surface area contributed by atoms with E-state index >= 15 is 0 Å². The molecule has 1 aliphatic heterocycles. The lowest BCUT2D eigenvalue weighted by atomic mass is 10.1. The summed E-state index contributed by atoms with van der Waals surface area (Å²) in [7, 11) is -3.57. The Morgan fingerprint density at radius 1 is 0.857 bits per heavy atom. The number of sulfonamides is 1. The summed E-state index contributed by atoms with van der Waals surface area (Å²) in [5, 5.41) is 2.75. The summed E-state index contributed by atoms with van der Waals surface area (Å²) in [6.45, 7) is 5.28. The van der Waals surface area contributed by atoms with Crippen LogP contribution in [-0.2, 0) is 15.8 Å². The van der Waals surface area contributed by atoms with Crippen molar-refractivity contribution in [2.24, 2.45) is 0 Å². The largest absolute Gasteiger partial charge is 0.322 e. The highest BCUT2D eigenvalue weighted by atomic mass is 32.2. The van der Waals surface area contributed by atoms with Crippen molar-refractivity contribution in [3.63, 3.8) is 0 Å². The summed E-state index contributed by atoms with van der Waals surface area (Å²) in [5.41, 5.74) is 1.50. The quantitative estimate of drug-likeness (QED) is 0.507. The molecule has 9 heteroatoms. The van der Waals surface area contributed by atoms with E-state index in [1.54, 1.807) is 87.5 Å². The molecule has 0 atom stereocenters. The van der Waals surface area contributed by atoms with Crippen molar-refractivity contribution in [3.05, 3.63) is 95.1 Å². The number of hydrogen-bond donors (Lipinski definition) is 2. The van der Waals surface area contributed by atoms with Gasteiger partial charge in [0.1, 0.15) is 0 Å². The molecular formula is C26H25N3O5S. The van der Waals surface area contributed by atoms with Gasteiger partial charge in [0.05, 0.1) is 22.6 Å². The van der Waals surface area contributed by atoms with E-state index in [0.717, 1.165) is 4.90 Å². The number of fused-ring (bicyclic) bond motifs is 1. The molecule has 0 aliphatic carbocycles. The molecule has 3 aromatic carbocycles. The van der Waals surface area contributed by atoms with Crippen LogP contribution in [0.15, 0.2) is 72.8 Å². The smallest absolute Gasteiger partial charge is 0.266 e. The molecule has 0 bridgehead atoms. The van der Waals surface area contributed by atoms with E-state index in [1.807, 2.05) is 0 Å². The second-order valence-corrected chi connectivity index (χ2v) is 11.0. The number of carbonyl (C=O) groups excluding carboxylic acids is 3. The van der Waals surface area contributed by atoms with Crippen molar-refractivity contribution in [1.82, 2.24) is 4.72 Å². The second kappa shape index (κ2) is 9.09. The fourth-order valence-electron chi connectivity index (χ4n) is 3.87. The zero-order valence-corrected chi connectivity index (χ0v) is 20.3. The Labute approximate surface area is 204 Å². The molecule has 2 N–H and O–H groups in total. The van der Waals surface area contributed by atoms with Crippen molar-refractivity contribution in [1.29, 1.82) is 0 Å². The number of nitrogens with zero attached hydrogens (tertiary/aromatic N) is 1. The minimum absolute atomic E-state index is 0.233. The first-order chi connectivity index (χ1) is 16.4. The highest BCUT2D eigenvalue weighted by Crippen LogP contribution is 2.29. The van der Waals surface area contributed by atoms with Crippen molar-refractivity contribution in [2.75, 3.05) is 10.2 Å². The first-order valence-electron chi connectivity index (χ1n) is 10.9. The summed E-state index contributed by atoms with van der Waals surface area (Å²) in [6, 6.07) is 19.4. The SMILES string of the molecule is CC(C)(C)NS(=O)(=O)Cc1cccc(NC(=O)c2cccc(N3C(=O)c4ccccc4C3=O)c2)c1. The van der Waals surface area contributed by atoms with Crippen LogP contribution in [0.1, 0.15) is 57.4 Å². The molecular weight excluding hydrogens is 466 g/mol. The van der Waals surface area contributed by atoms with Gasteiger partial charge in [-0.05, 0) is 68.8 Å². The van der Waals surface area contributed by atoms with Crippen LogP contribution in [0.4, 0.5) is 11.4 Å². The number of benzene rings is 3. The molecule has 0 unspecified atom stereocenters. The Morgan fingerprint density at radius 2 is 1.49 bits per heavy atom. The van der Waals surface area contributed by atoms with Crippen LogP contribution in [0.5, 0.6) is 0 Å². The van der Waals surface area contributed by atoms with E-state index < -0.39 is 33.3 Å². The van der Waals surface area contributed by atoms with Crippen LogP contribution in [0.2, 0.25) is 0 Å². The van der Waals surface area contributed by atoms with Gasteiger partial charge in [-0.15, -0.1) is 0 Å². The fraction of sp³-hybridized carbons (Fsp3) is 0.192. The molecule has 1 aliphatic rings. The molecule has 0 saturated heterocycles. The van der Waals surface area contributed by atoms with Crippen LogP contribution in [-0.4, -0.2) is 31.7 Å². The van der Waals surface area contributed by atoms with Gasteiger partial charge in [-0.1, -0.05) is 30.3 Å². The highest BCUT2D eigenvalue weighted by Gasteiger charge is 2.36. The van der Waals surface area contributed by atoms with Gasteiger partial charge in [-0.3, -0.25) is 14.4 Å². The topological polar surface area (TPSA) is 113 Å². The predicted octanol–water partition coefficient (Wildman–Crippen LogP) is 3.96. The van der Waals surface area contributed by atoms with Gasteiger partial charge in [-0.2, -0.15) is 0 Å². The molecule has 3 aromatic rings. The van der Waals surface area contributed by atoms with E-state index in [9.17, 15) is 22.8 Å². The monoisotopic (exact) mass is 491 g/mol. The van der Waals surface area contributed by atoms with Crippen LogP contribution in [0.3, 0.4) is 0 Å². The van der Waals surface area contributed by atoms with Crippen LogP contribution in [0, 0.1) is 0 Å². The molecule has 8 nitrogen and oxygen atoms in total. The third-order valence-electron chi connectivity index (χ3n) is 5.16. The second-order valence-electron chi connectivity index (χ2n) is 9.31. The Hall–Kier alpha value is -3.82. The van der Waals surface area contributed by atoms with Crippen molar-refractivity contribution >= 4 is 39.1 Å². The van der Waals surface area contributed by atoms with Crippen LogP contribution in [0.25, 0.3) is 0 Å². The first-order valence-corrected chi connectivity index (χ1v) is 12.6. The standard InChI is InChI=1S/C26H25N3O5S/c1-26(2,3)28-35(33,34)16-17-8-6-10-19(14-17)27-23(30)18-9-7-11-20(15-18)29-24(31)21-12-4-5-13-22(21)25(29)32/h4-15,28H,16H2,1-3H3,(H,27,30).